The van der Waals surface area contributed by atoms with E-state index < -0.39 is 5.97 Å². The van der Waals surface area contributed by atoms with E-state index in [4.69, 9.17) is 10.5 Å². The number of anilines is 1. The number of ether oxygens (including phenoxy) is 1. The number of nitrogen functional groups attached to an aromatic ring is 1. The average molecular weight is 273 g/mol. The van der Waals surface area contributed by atoms with Gasteiger partial charge in [-0.05, 0) is 31.5 Å². The summed E-state index contributed by atoms with van der Waals surface area (Å²) in [4.78, 5) is 11.9. The molecule has 1 heterocycles. The van der Waals surface area contributed by atoms with Crippen molar-refractivity contribution in [2.75, 3.05) is 5.73 Å². The molecule has 0 saturated heterocycles. The van der Waals surface area contributed by atoms with Gasteiger partial charge in [0.05, 0.1) is 11.3 Å². The Hall–Kier alpha value is -2.30. The molecule has 0 aliphatic rings. The summed E-state index contributed by atoms with van der Waals surface area (Å²) in [6.07, 6.45) is 2.90. The quantitative estimate of drug-likeness (QED) is 0.671. The van der Waals surface area contributed by atoms with Gasteiger partial charge in [0.15, 0.2) is 0 Å². The molecule has 20 heavy (non-hydrogen) atoms. The zero-order valence-electron chi connectivity index (χ0n) is 11.7. The topological polar surface area (TPSA) is 70.1 Å². The molecular weight excluding hydrogens is 254 g/mol. The summed E-state index contributed by atoms with van der Waals surface area (Å²) in [5.74, 6) is -0.429. The van der Waals surface area contributed by atoms with E-state index in [1.807, 2.05) is 16.9 Å². The summed E-state index contributed by atoms with van der Waals surface area (Å²) in [6.45, 7) is 4.34. The van der Waals surface area contributed by atoms with Crippen molar-refractivity contribution in [1.82, 2.24) is 9.78 Å². The summed E-state index contributed by atoms with van der Waals surface area (Å²) < 4.78 is 7.10. The Labute approximate surface area is 118 Å². The van der Waals surface area contributed by atoms with Gasteiger partial charge < -0.3 is 10.5 Å². The summed E-state index contributed by atoms with van der Waals surface area (Å²) >= 11 is 0. The van der Waals surface area contributed by atoms with Gasteiger partial charge in [0, 0.05) is 17.9 Å². The first-order chi connectivity index (χ1) is 9.61. The molecule has 2 rings (SSSR count). The predicted molar refractivity (Wildman–Crippen MR) is 77.2 cm³/mol. The molecular formula is C15H19N3O2. The number of carbonyl (C=O) groups excluding carboxylic acids is 1. The molecule has 1 aromatic carbocycles. The molecule has 0 radical (unpaired) electrons. The van der Waals surface area contributed by atoms with E-state index in [0.29, 0.717) is 17.3 Å². The minimum Gasteiger partial charge on any atom is -0.455 e. The van der Waals surface area contributed by atoms with Gasteiger partial charge in [-0.1, -0.05) is 19.1 Å². The first-order valence-electron chi connectivity index (χ1n) is 6.67. The van der Waals surface area contributed by atoms with Crippen LogP contribution in [0.25, 0.3) is 0 Å². The zero-order valence-corrected chi connectivity index (χ0v) is 11.7. The Morgan fingerprint density at radius 2 is 2.15 bits per heavy atom. The van der Waals surface area contributed by atoms with Crippen molar-refractivity contribution < 1.29 is 9.53 Å². The van der Waals surface area contributed by atoms with Gasteiger partial charge in [0.25, 0.3) is 0 Å². The zero-order chi connectivity index (χ0) is 14.5. The lowest BCUT2D eigenvalue weighted by Crippen LogP contribution is -2.09. The number of aromatic nitrogens is 2. The summed E-state index contributed by atoms with van der Waals surface area (Å²) in [5.41, 5.74) is 7.26. The van der Waals surface area contributed by atoms with E-state index in [-0.39, 0.29) is 6.61 Å². The second-order valence-electron chi connectivity index (χ2n) is 4.71. The molecule has 0 saturated carbocycles. The van der Waals surface area contributed by atoms with Gasteiger partial charge in [-0.3, -0.25) is 4.68 Å². The van der Waals surface area contributed by atoms with E-state index in [0.717, 1.165) is 12.1 Å². The maximum Gasteiger partial charge on any atom is 0.340 e. The number of para-hydroxylation sites is 1. The molecule has 0 fully saturated rings. The molecule has 106 valence electrons. The van der Waals surface area contributed by atoms with E-state index >= 15 is 0 Å². The maximum atomic E-state index is 11.9. The lowest BCUT2D eigenvalue weighted by molar-refractivity contribution is 0.0468. The highest BCUT2D eigenvalue weighted by atomic mass is 16.5. The van der Waals surface area contributed by atoms with E-state index in [2.05, 4.69) is 18.9 Å². The highest BCUT2D eigenvalue weighted by Crippen LogP contribution is 2.14. The van der Waals surface area contributed by atoms with Crippen LogP contribution in [-0.2, 0) is 11.3 Å². The van der Waals surface area contributed by atoms with Gasteiger partial charge in [0.1, 0.15) is 6.61 Å². The third-order valence-corrected chi connectivity index (χ3v) is 3.24. The molecule has 1 unspecified atom stereocenters. The fourth-order valence-corrected chi connectivity index (χ4v) is 1.79. The van der Waals surface area contributed by atoms with Crippen LogP contribution in [0.3, 0.4) is 0 Å². The lowest BCUT2D eigenvalue weighted by atomic mass is 10.2. The predicted octanol–water partition coefficient (Wildman–Crippen LogP) is 2.79. The number of nitrogens with two attached hydrogens (primary N) is 1. The second kappa shape index (κ2) is 6.23. The molecule has 5 nitrogen and oxygen atoms in total. The first kappa shape index (κ1) is 14.1. The van der Waals surface area contributed by atoms with Gasteiger partial charge in [0.2, 0.25) is 0 Å². The average Bonchev–Trinajstić information content (AvgIpc) is 2.93. The van der Waals surface area contributed by atoms with Crippen molar-refractivity contribution in [2.45, 2.75) is 32.9 Å². The number of carbonyl (C=O) groups is 1. The van der Waals surface area contributed by atoms with Crippen LogP contribution in [0.15, 0.2) is 36.5 Å². The number of nitrogens with zero attached hydrogens (tertiary/aromatic N) is 2. The smallest absolute Gasteiger partial charge is 0.340 e. The van der Waals surface area contributed by atoms with E-state index in [1.54, 1.807) is 24.3 Å². The van der Waals surface area contributed by atoms with Gasteiger partial charge in [-0.15, -0.1) is 0 Å². The Balaban J connectivity index is 1.97. The Morgan fingerprint density at radius 3 is 2.85 bits per heavy atom. The fraction of sp³-hybridized carbons (Fsp3) is 0.333. The van der Waals surface area contributed by atoms with Crippen molar-refractivity contribution >= 4 is 11.7 Å². The molecule has 0 aliphatic carbocycles. The SMILES string of the molecule is CCC(C)n1ccc(COC(=O)c2ccccc2N)n1. The molecule has 1 aromatic heterocycles. The normalized spacial score (nSPS) is 12.1. The maximum absolute atomic E-state index is 11.9. The number of esters is 1. The first-order valence-corrected chi connectivity index (χ1v) is 6.67. The molecule has 1 atom stereocenters. The molecule has 0 aliphatic heterocycles. The highest BCUT2D eigenvalue weighted by molar-refractivity contribution is 5.94. The van der Waals surface area contributed by atoms with Gasteiger partial charge >= 0.3 is 5.97 Å². The summed E-state index contributed by atoms with van der Waals surface area (Å²) in [5, 5.41) is 4.38. The van der Waals surface area contributed by atoms with Crippen LogP contribution in [0.5, 0.6) is 0 Å². The molecule has 0 bridgehead atoms. The third kappa shape index (κ3) is 3.17. The second-order valence-corrected chi connectivity index (χ2v) is 4.71. The fourth-order valence-electron chi connectivity index (χ4n) is 1.79. The van der Waals surface area contributed by atoms with Crippen LogP contribution in [-0.4, -0.2) is 15.7 Å². The molecule has 2 N–H and O–H groups in total. The van der Waals surface area contributed by atoms with Gasteiger partial charge in [-0.25, -0.2) is 4.79 Å². The van der Waals surface area contributed by atoms with Crippen molar-refractivity contribution in [3.8, 4) is 0 Å². The highest BCUT2D eigenvalue weighted by Gasteiger charge is 2.12. The molecule has 2 aromatic rings. The monoisotopic (exact) mass is 273 g/mol. The minimum absolute atomic E-state index is 0.149. The van der Waals surface area contributed by atoms with Crippen LogP contribution in [0.1, 0.15) is 42.4 Å². The van der Waals surface area contributed by atoms with Crippen molar-refractivity contribution in [3.05, 3.63) is 47.8 Å². The minimum atomic E-state index is -0.429. The van der Waals surface area contributed by atoms with E-state index in [9.17, 15) is 4.79 Å². The number of hydrogen-bond donors (Lipinski definition) is 1. The van der Waals surface area contributed by atoms with Crippen molar-refractivity contribution in [3.63, 3.8) is 0 Å². The summed E-state index contributed by atoms with van der Waals surface area (Å²) in [7, 11) is 0. The Kier molecular flexibility index (Phi) is 4.40. The van der Waals surface area contributed by atoms with Crippen molar-refractivity contribution in [2.24, 2.45) is 0 Å². The van der Waals surface area contributed by atoms with Crippen molar-refractivity contribution in [1.29, 1.82) is 0 Å². The standard InChI is InChI=1S/C15H19N3O2/c1-3-11(2)18-9-8-12(17-18)10-20-15(19)13-6-4-5-7-14(13)16/h4-9,11H,3,10,16H2,1-2H3. The number of benzene rings is 1. The van der Waals surface area contributed by atoms with Crippen LogP contribution < -0.4 is 5.73 Å². The largest absolute Gasteiger partial charge is 0.455 e. The lowest BCUT2D eigenvalue weighted by Gasteiger charge is -2.08. The molecule has 0 amide bonds. The Bertz CT molecular complexity index is 592. The van der Waals surface area contributed by atoms with Crippen LogP contribution >= 0.6 is 0 Å². The molecule has 0 spiro atoms. The van der Waals surface area contributed by atoms with Crippen LogP contribution in [0.4, 0.5) is 5.69 Å². The summed E-state index contributed by atoms with van der Waals surface area (Å²) in [6, 6.07) is 9.05. The number of hydrogen-bond acceptors (Lipinski definition) is 4. The van der Waals surface area contributed by atoms with Crippen LogP contribution in [0.2, 0.25) is 0 Å². The van der Waals surface area contributed by atoms with Gasteiger partial charge in [-0.2, -0.15) is 5.10 Å². The third-order valence-electron chi connectivity index (χ3n) is 3.24. The van der Waals surface area contributed by atoms with E-state index in [1.165, 1.54) is 0 Å². The molecule has 5 heteroatoms. The number of rotatable bonds is 5. The van der Waals surface area contributed by atoms with Crippen LogP contribution in [0, 0.1) is 0 Å². The Morgan fingerprint density at radius 1 is 1.40 bits per heavy atom.